The second kappa shape index (κ2) is 6.67. The van der Waals surface area contributed by atoms with E-state index in [0.717, 1.165) is 30.5 Å². The van der Waals surface area contributed by atoms with E-state index in [0.29, 0.717) is 18.9 Å². The highest BCUT2D eigenvalue weighted by Gasteiger charge is 2.20. The first-order valence-electron chi connectivity index (χ1n) is 6.90. The molecule has 0 saturated carbocycles. The first-order chi connectivity index (χ1) is 9.58. The Morgan fingerprint density at radius 3 is 3.10 bits per heavy atom. The lowest BCUT2D eigenvalue weighted by molar-refractivity contribution is 0.0670. The summed E-state index contributed by atoms with van der Waals surface area (Å²) in [6.07, 6.45) is 5.05. The van der Waals surface area contributed by atoms with Gasteiger partial charge < -0.3 is 10.2 Å². The summed E-state index contributed by atoms with van der Waals surface area (Å²) in [6.45, 7) is 1.37. The van der Waals surface area contributed by atoms with Crippen LogP contribution < -0.4 is 5.32 Å². The van der Waals surface area contributed by atoms with Crippen LogP contribution in [0.2, 0.25) is 0 Å². The van der Waals surface area contributed by atoms with Crippen LogP contribution in [0.15, 0.2) is 12.4 Å². The van der Waals surface area contributed by atoms with Crippen molar-refractivity contribution >= 4 is 6.03 Å². The number of hydrogen-bond donors (Lipinski definition) is 1. The number of halogens is 2. The van der Waals surface area contributed by atoms with E-state index in [1.165, 1.54) is 12.4 Å². The minimum absolute atomic E-state index is 0.119. The topological polar surface area (TPSA) is 50.2 Å². The largest absolute Gasteiger partial charge is 0.338 e. The molecule has 112 valence electrons. The molecule has 0 aromatic carbocycles. The van der Waals surface area contributed by atoms with Crippen molar-refractivity contribution in [3.8, 4) is 0 Å². The van der Waals surface area contributed by atoms with Gasteiger partial charge in [0.15, 0.2) is 0 Å². The second-order valence-electron chi connectivity index (χ2n) is 5.20. The summed E-state index contributed by atoms with van der Waals surface area (Å²) in [5, 5.41) is 2.77. The molecular formula is C13H20F2N4O. The van der Waals surface area contributed by atoms with Crippen LogP contribution in [0.5, 0.6) is 0 Å². The molecule has 1 aliphatic rings. The van der Waals surface area contributed by atoms with Crippen molar-refractivity contribution in [1.29, 1.82) is 0 Å². The van der Waals surface area contributed by atoms with E-state index in [1.807, 2.05) is 0 Å². The zero-order chi connectivity index (χ0) is 14.5. The average Bonchev–Trinajstić information content (AvgIpc) is 2.87. The van der Waals surface area contributed by atoms with Crippen LogP contribution in [0.25, 0.3) is 0 Å². The maximum absolute atomic E-state index is 12.6. The minimum atomic E-state index is -2.59. The predicted octanol–water partition coefficient (Wildman–Crippen LogP) is 2.26. The molecular weight excluding hydrogens is 266 g/mol. The summed E-state index contributed by atoms with van der Waals surface area (Å²) < 4.78 is 26.0. The number of piperidine rings is 1. The molecule has 1 saturated heterocycles. The maximum atomic E-state index is 12.6. The molecule has 0 unspecified atom stereocenters. The molecule has 0 spiro atoms. The normalized spacial score (nSPS) is 19.4. The Morgan fingerprint density at radius 1 is 1.60 bits per heavy atom. The first kappa shape index (κ1) is 14.7. The fourth-order valence-electron chi connectivity index (χ4n) is 2.48. The zero-order valence-corrected chi connectivity index (χ0v) is 11.6. The van der Waals surface area contributed by atoms with Gasteiger partial charge in [-0.3, -0.25) is 4.57 Å². The highest BCUT2D eigenvalue weighted by molar-refractivity contribution is 5.74. The zero-order valence-electron chi connectivity index (χ0n) is 11.6. The molecule has 1 N–H and O–H groups in total. The number of imidazole rings is 1. The van der Waals surface area contributed by atoms with Gasteiger partial charge in [-0.05, 0) is 18.8 Å². The standard InChI is InChI=1S/C13H20F2N4O/c1-10-3-2-7-18(9-10)13(20)17-5-4-11-16-6-8-19(11)12(14)15/h6,8,10,12H,2-5,7,9H2,1H3,(H,17,20)/t10-/m1/s1. The quantitative estimate of drug-likeness (QED) is 0.923. The number of alkyl halides is 2. The van der Waals surface area contributed by atoms with E-state index < -0.39 is 6.55 Å². The third-order valence-corrected chi connectivity index (χ3v) is 3.53. The van der Waals surface area contributed by atoms with Crippen LogP contribution in [0.3, 0.4) is 0 Å². The molecule has 2 heterocycles. The summed E-state index contributed by atoms with van der Waals surface area (Å²) in [5.74, 6) is 0.805. The van der Waals surface area contributed by atoms with Crippen molar-refractivity contribution in [3.05, 3.63) is 18.2 Å². The molecule has 20 heavy (non-hydrogen) atoms. The Balaban J connectivity index is 1.77. The van der Waals surface area contributed by atoms with Crippen molar-refractivity contribution in [2.24, 2.45) is 5.92 Å². The monoisotopic (exact) mass is 286 g/mol. The van der Waals surface area contributed by atoms with Crippen molar-refractivity contribution in [1.82, 2.24) is 19.8 Å². The Morgan fingerprint density at radius 2 is 2.40 bits per heavy atom. The molecule has 1 aliphatic heterocycles. The number of amides is 2. The summed E-state index contributed by atoms with van der Waals surface area (Å²) >= 11 is 0. The number of nitrogens with zero attached hydrogens (tertiary/aromatic N) is 3. The number of rotatable bonds is 4. The smallest absolute Gasteiger partial charge is 0.319 e. The van der Waals surface area contributed by atoms with E-state index >= 15 is 0 Å². The lowest BCUT2D eigenvalue weighted by Gasteiger charge is -2.30. The average molecular weight is 286 g/mol. The first-order valence-corrected chi connectivity index (χ1v) is 6.90. The molecule has 5 nitrogen and oxygen atoms in total. The van der Waals surface area contributed by atoms with E-state index in [1.54, 1.807) is 4.90 Å². The van der Waals surface area contributed by atoms with Crippen LogP contribution in [0.1, 0.15) is 32.1 Å². The number of aromatic nitrogens is 2. The number of carbonyl (C=O) groups excluding carboxylic acids is 1. The van der Waals surface area contributed by atoms with Gasteiger partial charge in [-0.25, -0.2) is 9.78 Å². The molecule has 0 radical (unpaired) electrons. The van der Waals surface area contributed by atoms with E-state index in [-0.39, 0.29) is 11.9 Å². The number of urea groups is 1. The molecule has 0 bridgehead atoms. The van der Waals surface area contributed by atoms with Crippen LogP contribution in [-0.2, 0) is 6.42 Å². The number of hydrogen-bond acceptors (Lipinski definition) is 2. The minimum Gasteiger partial charge on any atom is -0.338 e. The fourth-order valence-corrected chi connectivity index (χ4v) is 2.48. The van der Waals surface area contributed by atoms with Crippen molar-refractivity contribution in [2.75, 3.05) is 19.6 Å². The fraction of sp³-hybridized carbons (Fsp3) is 0.692. The Kier molecular flexibility index (Phi) is 4.92. The third-order valence-electron chi connectivity index (χ3n) is 3.53. The van der Waals surface area contributed by atoms with E-state index in [9.17, 15) is 13.6 Å². The van der Waals surface area contributed by atoms with Gasteiger partial charge in [0.1, 0.15) is 5.82 Å². The van der Waals surface area contributed by atoms with Crippen LogP contribution in [0, 0.1) is 5.92 Å². The highest BCUT2D eigenvalue weighted by atomic mass is 19.3. The van der Waals surface area contributed by atoms with Gasteiger partial charge >= 0.3 is 12.6 Å². The Bertz CT molecular complexity index is 449. The van der Waals surface area contributed by atoms with Gasteiger partial charge in [-0.1, -0.05) is 6.92 Å². The van der Waals surface area contributed by atoms with Crippen LogP contribution in [0.4, 0.5) is 13.6 Å². The van der Waals surface area contributed by atoms with E-state index in [4.69, 9.17) is 0 Å². The molecule has 1 aromatic heterocycles. The van der Waals surface area contributed by atoms with Crippen molar-refractivity contribution in [2.45, 2.75) is 32.7 Å². The van der Waals surface area contributed by atoms with Crippen LogP contribution in [-0.4, -0.2) is 40.1 Å². The molecule has 7 heteroatoms. The lowest BCUT2D eigenvalue weighted by atomic mass is 10.0. The molecule has 0 aliphatic carbocycles. The second-order valence-corrected chi connectivity index (χ2v) is 5.20. The summed E-state index contributed by atoms with van der Waals surface area (Å²) in [6, 6.07) is -0.119. The molecule has 2 amide bonds. The number of nitrogens with one attached hydrogen (secondary N) is 1. The third kappa shape index (κ3) is 3.68. The molecule has 1 fully saturated rings. The van der Waals surface area contributed by atoms with E-state index in [2.05, 4.69) is 17.2 Å². The number of likely N-dealkylation sites (tertiary alicyclic amines) is 1. The van der Waals surface area contributed by atoms with Gasteiger partial charge in [0.2, 0.25) is 0 Å². The number of carbonyl (C=O) groups is 1. The van der Waals surface area contributed by atoms with Gasteiger partial charge in [0, 0.05) is 38.4 Å². The summed E-state index contributed by atoms with van der Waals surface area (Å²) in [5.41, 5.74) is 0. The Labute approximate surface area is 117 Å². The summed E-state index contributed by atoms with van der Waals surface area (Å²) in [7, 11) is 0. The predicted molar refractivity (Wildman–Crippen MR) is 70.6 cm³/mol. The van der Waals surface area contributed by atoms with Gasteiger partial charge in [-0.15, -0.1) is 0 Å². The SMILES string of the molecule is C[C@@H]1CCCN(C(=O)NCCc2nccn2C(F)F)C1. The Hall–Kier alpha value is -1.66. The highest BCUT2D eigenvalue weighted by Crippen LogP contribution is 2.15. The van der Waals surface area contributed by atoms with Crippen LogP contribution >= 0.6 is 0 Å². The summed E-state index contributed by atoms with van der Waals surface area (Å²) in [4.78, 5) is 17.6. The molecule has 1 atom stereocenters. The van der Waals surface area contributed by atoms with Gasteiger partial charge in [-0.2, -0.15) is 8.78 Å². The lowest BCUT2D eigenvalue weighted by Crippen LogP contribution is -2.45. The van der Waals surface area contributed by atoms with Crippen molar-refractivity contribution in [3.63, 3.8) is 0 Å². The molecule has 1 aromatic rings. The van der Waals surface area contributed by atoms with Crippen molar-refractivity contribution < 1.29 is 13.6 Å². The molecule has 2 rings (SSSR count). The van der Waals surface area contributed by atoms with Gasteiger partial charge in [0.05, 0.1) is 0 Å². The maximum Gasteiger partial charge on any atom is 0.319 e. The van der Waals surface area contributed by atoms with Gasteiger partial charge in [0.25, 0.3) is 0 Å².